The van der Waals surface area contributed by atoms with Gasteiger partial charge in [0.1, 0.15) is 13.2 Å². The van der Waals surface area contributed by atoms with E-state index in [-0.39, 0.29) is 31.1 Å². The Balaban J connectivity index is 4.25. The van der Waals surface area contributed by atoms with Crippen LogP contribution in [-0.2, 0) is 28.6 Å². The average Bonchev–Trinajstić information content (AvgIpc) is 3.31. The summed E-state index contributed by atoms with van der Waals surface area (Å²) in [6, 6.07) is 0. The van der Waals surface area contributed by atoms with E-state index in [9.17, 15) is 14.4 Å². The highest BCUT2D eigenvalue weighted by Crippen LogP contribution is 2.18. The van der Waals surface area contributed by atoms with Crippen molar-refractivity contribution in [2.75, 3.05) is 13.2 Å². The van der Waals surface area contributed by atoms with Crippen molar-refractivity contribution in [3.05, 3.63) is 0 Å². The van der Waals surface area contributed by atoms with Gasteiger partial charge in [0, 0.05) is 19.3 Å². The molecule has 0 aromatic rings. The number of unbranched alkanes of at least 4 members (excludes halogenated alkanes) is 45. The number of carbonyl (C=O) groups excluding carboxylic acids is 3. The van der Waals surface area contributed by atoms with Gasteiger partial charge in [-0.05, 0) is 19.3 Å². The Kier molecular flexibility index (Phi) is 54.7. The minimum atomic E-state index is -0.761. The van der Waals surface area contributed by atoms with Crippen LogP contribution in [0.25, 0.3) is 0 Å². The number of ether oxygens (including phenoxy) is 3. The highest BCUT2D eigenvalue weighted by atomic mass is 16.6. The van der Waals surface area contributed by atoms with E-state index in [1.54, 1.807) is 0 Å². The van der Waals surface area contributed by atoms with E-state index in [2.05, 4.69) is 20.8 Å². The van der Waals surface area contributed by atoms with Gasteiger partial charge in [-0.25, -0.2) is 0 Å². The number of rotatable bonds is 56. The van der Waals surface area contributed by atoms with Crippen molar-refractivity contribution >= 4 is 17.9 Å². The van der Waals surface area contributed by atoms with E-state index in [1.165, 1.54) is 250 Å². The molecule has 6 nitrogen and oxygen atoms in total. The molecule has 0 saturated heterocycles. The van der Waals surface area contributed by atoms with Crippen LogP contribution in [0.5, 0.6) is 0 Å². The molecular weight excluding hydrogens is 817 g/mol. The second kappa shape index (κ2) is 56.0. The summed E-state index contributed by atoms with van der Waals surface area (Å²) in [7, 11) is 0. The lowest BCUT2D eigenvalue weighted by molar-refractivity contribution is -0.167. The van der Waals surface area contributed by atoms with Gasteiger partial charge in [0.25, 0.3) is 0 Å². The maximum Gasteiger partial charge on any atom is 0.306 e. The van der Waals surface area contributed by atoms with E-state index in [0.29, 0.717) is 19.3 Å². The van der Waals surface area contributed by atoms with Crippen LogP contribution in [-0.4, -0.2) is 37.2 Å². The topological polar surface area (TPSA) is 78.9 Å². The summed E-state index contributed by atoms with van der Waals surface area (Å²) in [6.07, 6.45) is 62.4. The molecule has 0 aliphatic rings. The van der Waals surface area contributed by atoms with Gasteiger partial charge in [0.05, 0.1) is 0 Å². The lowest BCUT2D eigenvalue weighted by Gasteiger charge is -2.18. The first-order valence-electron chi connectivity index (χ1n) is 30.0. The van der Waals surface area contributed by atoms with Crippen molar-refractivity contribution in [2.24, 2.45) is 0 Å². The van der Waals surface area contributed by atoms with E-state index in [1.807, 2.05) is 0 Å². The van der Waals surface area contributed by atoms with Crippen LogP contribution >= 0.6 is 0 Å². The van der Waals surface area contributed by atoms with Gasteiger partial charge in [-0.15, -0.1) is 0 Å². The summed E-state index contributed by atoms with van der Waals surface area (Å²) in [4.78, 5) is 38.2. The molecule has 6 heteroatoms. The molecule has 0 aliphatic carbocycles. The van der Waals surface area contributed by atoms with E-state index in [0.717, 1.165) is 57.8 Å². The Morgan fingerprint density at radius 2 is 0.409 bits per heavy atom. The van der Waals surface area contributed by atoms with Crippen LogP contribution in [0.2, 0.25) is 0 Å². The summed E-state index contributed by atoms with van der Waals surface area (Å²) in [5.74, 6) is -0.830. The number of hydrogen-bond acceptors (Lipinski definition) is 6. The van der Waals surface area contributed by atoms with Gasteiger partial charge in [-0.3, -0.25) is 14.4 Å². The standard InChI is InChI=1S/C60H116O6/c1-4-7-10-13-16-19-22-25-28-29-30-31-32-33-36-38-41-44-47-50-53-59(62)65-56-57(66-60(63)54-51-48-45-42-39-35-27-24-21-18-15-12-9-6-3)55-64-58(61)52-49-46-43-40-37-34-26-23-20-17-14-11-8-5-2/h57H,4-56H2,1-3H3. The first kappa shape index (κ1) is 64.4. The molecule has 1 unspecified atom stereocenters. The lowest BCUT2D eigenvalue weighted by Crippen LogP contribution is -2.30. The normalized spacial score (nSPS) is 11.9. The first-order valence-corrected chi connectivity index (χ1v) is 30.0. The number of hydrogen-bond donors (Lipinski definition) is 0. The molecular formula is C60H116O6. The van der Waals surface area contributed by atoms with Gasteiger partial charge in [-0.1, -0.05) is 310 Å². The predicted molar refractivity (Wildman–Crippen MR) is 284 cm³/mol. The van der Waals surface area contributed by atoms with E-state index < -0.39 is 6.10 Å². The smallest absolute Gasteiger partial charge is 0.306 e. The van der Waals surface area contributed by atoms with Crippen molar-refractivity contribution in [1.82, 2.24) is 0 Å². The van der Waals surface area contributed by atoms with Gasteiger partial charge in [0.15, 0.2) is 6.10 Å². The molecule has 0 amide bonds. The van der Waals surface area contributed by atoms with Crippen LogP contribution in [0.15, 0.2) is 0 Å². The van der Waals surface area contributed by atoms with Gasteiger partial charge in [0.2, 0.25) is 0 Å². The Morgan fingerprint density at radius 1 is 0.242 bits per heavy atom. The van der Waals surface area contributed by atoms with Crippen molar-refractivity contribution in [1.29, 1.82) is 0 Å². The summed E-state index contributed by atoms with van der Waals surface area (Å²) >= 11 is 0. The van der Waals surface area contributed by atoms with E-state index in [4.69, 9.17) is 14.2 Å². The van der Waals surface area contributed by atoms with E-state index >= 15 is 0 Å². The Morgan fingerprint density at radius 3 is 0.606 bits per heavy atom. The maximum absolute atomic E-state index is 12.8. The molecule has 0 saturated carbocycles. The quantitative estimate of drug-likeness (QED) is 0.0343. The summed E-state index contributed by atoms with van der Waals surface area (Å²) in [5.41, 5.74) is 0. The highest BCUT2D eigenvalue weighted by molar-refractivity contribution is 5.71. The molecule has 0 rings (SSSR count). The third kappa shape index (κ3) is 53.4. The van der Waals surface area contributed by atoms with Gasteiger partial charge < -0.3 is 14.2 Å². The molecule has 392 valence electrons. The third-order valence-corrected chi connectivity index (χ3v) is 13.9. The molecule has 0 aromatic carbocycles. The molecule has 0 heterocycles. The minimum Gasteiger partial charge on any atom is -0.462 e. The fraction of sp³-hybridized carbons (Fsp3) is 0.950. The molecule has 1 atom stereocenters. The molecule has 0 spiro atoms. The molecule has 0 N–H and O–H groups in total. The van der Waals surface area contributed by atoms with Crippen molar-refractivity contribution in [3.8, 4) is 0 Å². The van der Waals surface area contributed by atoms with Crippen LogP contribution in [0.3, 0.4) is 0 Å². The second-order valence-corrected chi connectivity index (χ2v) is 20.6. The first-order chi connectivity index (χ1) is 32.5. The summed E-state index contributed by atoms with van der Waals surface area (Å²) in [6.45, 7) is 6.71. The van der Waals surface area contributed by atoms with Gasteiger partial charge >= 0.3 is 17.9 Å². The zero-order valence-electron chi connectivity index (χ0n) is 45.0. The summed E-state index contributed by atoms with van der Waals surface area (Å²) < 4.78 is 16.9. The maximum atomic E-state index is 12.8. The highest BCUT2D eigenvalue weighted by Gasteiger charge is 2.19. The average molecular weight is 934 g/mol. The van der Waals surface area contributed by atoms with Crippen LogP contribution in [0, 0.1) is 0 Å². The molecule has 66 heavy (non-hydrogen) atoms. The lowest BCUT2D eigenvalue weighted by atomic mass is 10.0. The monoisotopic (exact) mass is 933 g/mol. The zero-order valence-corrected chi connectivity index (χ0v) is 45.0. The number of esters is 3. The minimum absolute atomic E-state index is 0.0609. The van der Waals surface area contributed by atoms with Crippen molar-refractivity contribution in [3.63, 3.8) is 0 Å². The number of carbonyl (C=O) groups is 3. The molecule has 0 radical (unpaired) electrons. The summed E-state index contributed by atoms with van der Waals surface area (Å²) in [5, 5.41) is 0. The fourth-order valence-electron chi connectivity index (χ4n) is 9.33. The van der Waals surface area contributed by atoms with Crippen LogP contribution in [0.1, 0.15) is 348 Å². The largest absolute Gasteiger partial charge is 0.462 e. The van der Waals surface area contributed by atoms with Crippen LogP contribution in [0.4, 0.5) is 0 Å². The Bertz CT molecular complexity index is 982. The van der Waals surface area contributed by atoms with Gasteiger partial charge in [-0.2, -0.15) is 0 Å². The predicted octanol–water partition coefficient (Wildman–Crippen LogP) is 19.9. The molecule has 0 aromatic heterocycles. The SMILES string of the molecule is CCCCCCCCCCCCCCCCCCCCCCC(=O)OCC(COC(=O)CCCCCCCCCCCCCCCC)OC(=O)CCCCCCCCCCCCCCCC. The fourth-order valence-corrected chi connectivity index (χ4v) is 9.33. The third-order valence-electron chi connectivity index (χ3n) is 13.9. The van der Waals surface area contributed by atoms with Crippen molar-refractivity contribution < 1.29 is 28.6 Å². The molecule has 0 aliphatic heterocycles. The Hall–Kier alpha value is -1.59. The molecule has 0 fully saturated rings. The van der Waals surface area contributed by atoms with Crippen molar-refractivity contribution in [2.45, 2.75) is 354 Å². The zero-order chi connectivity index (χ0) is 47.9. The second-order valence-electron chi connectivity index (χ2n) is 20.6. The Labute approximate surface area is 412 Å². The van der Waals surface area contributed by atoms with Crippen LogP contribution < -0.4 is 0 Å². The molecule has 0 bridgehead atoms.